The van der Waals surface area contributed by atoms with E-state index in [4.69, 9.17) is 10.8 Å². The first-order valence-corrected chi connectivity index (χ1v) is 4.03. The summed E-state index contributed by atoms with van der Waals surface area (Å²) in [6.45, 7) is 6.84. The Morgan fingerprint density at radius 1 is 1.50 bits per heavy atom. The van der Waals surface area contributed by atoms with E-state index < -0.39 is 17.6 Å². The predicted molar refractivity (Wildman–Crippen MR) is 47.6 cm³/mol. The Labute approximate surface area is 73.1 Å². The number of primary amides is 1. The topological polar surface area (TPSA) is 75.3 Å². The van der Waals surface area contributed by atoms with Crippen LogP contribution in [-0.4, -0.2) is 28.7 Å². The summed E-state index contributed by atoms with van der Waals surface area (Å²) in [6, 6.07) is -0.146. The SMILES string of the molecule is CC(O)C(C)NC(C)(C)C(N)=O. The van der Waals surface area contributed by atoms with Gasteiger partial charge in [0.2, 0.25) is 5.91 Å². The number of nitrogens with one attached hydrogen (secondary N) is 1. The molecule has 0 bridgehead atoms. The number of amides is 1. The third kappa shape index (κ3) is 3.19. The van der Waals surface area contributed by atoms with Crippen LogP contribution in [0.1, 0.15) is 27.7 Å². The monoisotopic (exact) mass is 174 g/mol. The standard InChI is InChI=1S/C8H18N2O2/c1-5(6(2)11)10-8(3,4)7(9)12/h5-6,10-11H,1-4H3,(H2,9,12). The quantitative estimate of drug-likeness (QED) is 0.543. The van der Waals surface area contributed by atoms with Crippen LogP contribution in [-0.2, 0) is 4.79 Å². The van der Waals surface area contributed by atoms with Gasteiger partial charge in [-0.1, -0.05) is 0 Å². The maximum absolute atomic E-state index is 10.9. The molecule has 0 aromatic carbocycles. The molecule has 0 heterocycles. The van der Waals surface area contributed by atoms with Crippen molar-refractivity contribution in [3.63, 3.8) is 0 Å². The van der Waals surface area contributed by atoms with Crippen molar-refractivity contribution >= 4 is 5.91 Å². The number of hydrogen-bond donors (Lipinski definition) is 3. The second-order valence-corrected chi connectivity index (χ2v) is 3.66. The summed E-state index contributed by atoms with van der Waals surface area (Å²) in [6.07, 6.45) is -0.497. The lowest BCUT2D eigenvalue weighted by Gasteiger charge is -2.28. The van der Waals surface area contributed by atoms with Gasteiger partial charge in [0.05, 0.1) is 11.6 Å². The number of nitrogens with two attached hydrogens (primary N) is 1. The number of aliphatic hydroxyl groups is 1. The van der Waals surface area contributed by atoms with Crippen LogP contribution >= 0.6 is 0 Å². The van der Waals surface area contributed by atoms with E-state index in [0.29, 0.717) is 0 Å². The Kier molecular flexibility index (Phi) is 3.67. The van der Waals surface area contributed by atoms with E-state index in [1.54, 1.807) is 27.7 Å². The van der Waals surface area contributed by atoms with Crippen LogP contribution in [0.4, 0.5) is 0 Å². The van der Waals surface area contributed by atoms with Crippen LogP contribution in [0.3, 0.4) is 0 Å². The highest BCUT2D eigenvalue weighted by atomic mass is 16.3. The number of rotatable bonds is 4. The van der Waals surface area contributed by atoms with Crippen molar-refractivity contribution in [2.75, 3.05) is 0 Å². The zero-order chi connectivity index (χ0) is 9.94. The van der Waals surface area contributed by atoms with Gasteiger partial charge in [-0.25, -0.2) is 0 Å². The molecular formula is C8H18N2O2. The minimum absolute atomic E-state index is 0.146. The second-order valence-electron chi connectivity index (χ2n) is 3.66. The summed E-state index contributed by atoms with van der Waals surface area (Å²) in [5.74, 6) is -0.421. The van der Waals surface area contributed by atoms with Crippen molar-refractivity contribution in [3.8, 4) is 0 Å². The lowest BCUT2D eigenvalue weighted by atomic mass is 10.0. The minimum atomic E-state index is -0.767. The summed E-state index contributed by atoms with van der Waals surface area (Å²) < 4.78 is 0. The number of carbonyl (C=O) groups excluding carboxylic acids is 1. The second kappa shape index (κ2) is 3.87. The molecule has 0 spiro atoms. The van der Waals surface area contributed by atoms with Gasteiger partial charge in [0.1, 0.15) is 0 Å². The fourth-order valence-corrected chi connectivity index (χ4v) is 0.761. The van der Waals surface area contributed by atoms with E-state index in [9.17, 15) is 4.79 Å². The van der Waals surface area contributed by atoms with Gasteiger partial charge in [-0.2, -0.15) is 0 Å². The summed E-state index contributed by atoms with van der Waals surface area (Å²) >= 11 is 0. The van der Waals surface area contributed by atoms with Gasteiger partial charge in [-0.15, -0.1) is 0 Å². The highest BCUT2D eigenvalue weighted by Gasteiger charge is 2.27. The normalized spacial score (nSPS) is 17.1. The first-order chi connectivity index (χ1) is 5.27. The molecule has 4 N–H and O–H groups in total. The van der Waals surface area contributed by atoms with Gasteiger partial charge in [0.15, 0.2) is 0 Å². The summed E-state index contributed by atoms with van der Waals surface area (Å²) in [5.41, 5.74) is 4.37. The van der Waals surface area contributed by atoms with Crippen molar-refractivity contribution in [2.24, 2.45) is 5.73 Å². The number of hydrogen-bond acceptors (Lipinski definition) is 3. The summed E-state index contributed by atoms with van der Waals surface area (Å²) in [4.78, 5) is 10.9. The maximum Gasteiger partial charge on any atom is 0.237 e. The van der Waals surface area contributed by atoms with Gasteiger partial charge < -0.3 is 10.8 Å². The van der Waals surface area contributed by atoms with E-state index in [1.165, 1.54) is 0 Å². The van der Waals surface area contributed by atoms with Gasteiger partial charge in [-0.3, -0.25) is 10.1 Å². The molecule has 0 fully saturated rings. The molecule has 72 valence electrons. The van der Waals surface area contributed by atoms with Crippen molar-refractivity contribution in [3.05, 3.63) is 0 Å². The van der Waals surface area contributed by atoms with Crippen molar-refractivity contribution in [2.45, 2.75) is 45.4 Å². The Morgan fingerprint density at radius 3 is 2.17 bits per heavy atom. The lowest BCUT2D eigenvalue weighted by molar-refractivity contribution is -0.123. The molecule has 0 radical (unpaired) electrons. The fraction of sp³-hybridized carbons (Fsp3) is 0.875. The third-order valence-electron chi connectivity index (χ3n) is 1.93. The van der Waals surface area contributed by atoms with Gasteiger partial charge in [0.25, 0.3) is 0 Å². The molecule has 4 heteroatoms. The Morgan fingerprint density at radius 2 is 1.92 bits per heavy atom. The molecule has 0 aliphatic rings. The molecule has 0 saturated carbocycles. The van der Waals surface area contributed by atoms with Gasteiger partial charge in [0, 0.05) is 6.04 Å². The van der Waals surface area contributed by atoms with Crippen molar-refractivity contribution < 1.29 is 9.90 Å². The van der Waals surface area contributed by atoms with Crippen LogP contribution in [0.2, 0.25) is 0 Å². The van der Waals surface area contributed by atoms with Crippen molar-refractivity contribution in [1.29, 1.82) is 0 Å². The first kappa shape index (κ1) is 11.4. The van der Waals surface area contributed by atoms with Crippen LogP contribution in [0.5, 0.6) is 0 Å². The molecule has 0 saturated heterocycles. The van der Waals surface area contributed by atoms with Crippen molar-refractivity contribution in [1.82, 2.24) is 5.32 Å². The Balaban J connectivity index is 4.15. The fourth-order valence-electron chi connectivity index (χ4n) is 0.761. The van der Waals surface area contributed by atoms with E-state index in [1.807, 2.05) is 0 Å². The number of carbonyl (C=O) groups is 1. The van der Waals surface area contributed by atoms with E-state index >= 15 is 0 Å². The smallest absolute Gasteiger partial charge is 0.237 e. The molecule has 0 aromatic rings. The summed E-state index contributed by atoms with van der Waals surface area (Å²) in [5, 5.41) is 12.1. The van der Waals surface area contributed by atoms with Crippen LogP contribution in [0.25, 0.3) is 0 Å². The van der Waals surface area contributed by atoms with E-state index in [-0.39, 0.29) is 6.04 Å². The highest BCUT2D eigenvalue weighted by molar-refractivity contribution is 5.83. The molecular weight excluding hydrogens is 156 g/mol. The van der Waals surface area contributed by atoms with Gasteiger partial charge in [-0.05, 0) is 27.7 Å². The molecule has 12 heavy (non-hydrogen) atoms. The largest absolute Gasteiger partial charge is 0.392 e. The zero-order valence-corrected chi connectivity index (χ0v) is 8.09. The average Bonchev–Trinajstić information content (AvgIpc) is 1.85. The summed E-state index contributed by atoms with van der Waals surface area (Å²) in [7, 11) is 0. The number of aliphatic hydroxyl groups excluding tert-OH is 1. The average molecular weight is 174 g/mol. The van der Waals surface area contributed by atoms with Crippen LogP contribution in [0.15, 0.2) is 0 Å². The Hall–Kier alpha value is -0.610. The maximum atomic E-state index is 10.9. The zero-order valence-electron chi connectivity index (χ0n) is 8.09. The first-order valence-electron chi connectivity index (χ1n) is 4.03. The van der Waals surface area contributed by atoms with Gasteiger partial charge >= 0.3 is 0 Å². The minimum Gasteiger partial charge on any atom is -0.392 e. The predicted octanol–water partition coefficient (Wildman–Crippen LogP) is -0.391. The van der Waals surface area contributed by atoms with E-state index in [2.05, 4.69) is 5.32 Å². The van der Waals surface area contributed by atoms with Crippen LogP contribution < -0.4 is 11.1 Å². The van der Waals surface area contributed by atoms with E-state index in [0.717, 1.165) is 0 Å². The molecule has 0 aliphatic carbocycles. The molecule has 1 amide bonds. The van der Waals surface area contributed by atoms with Crippen LogP contribution in [0, 0.1) is 0 Å². The molecule has 2 atom stereocenters. The highest BCUT2D eigenvalue weighted by Crippen LogP contribution is 2.04. The third-order valence-corrected chi connectivity index (χ3v) is 1.93. The molecule has 0 rings (SSSR count). The Bertz CT molecular complexity index is 166. The lowest BCUT2D eigenvalue weighted by Crippen LogP contribution is -2.56. The molecule has 2 unspecified atom stereocenters. The molecule has 0 aliphatic heterocycles. The molecule has 4 nitrogen and oxygen atoms in total. The molecule has 0 aromatic heterocycles.